The fourth-order valence-electron chi connectivity index (χ4n) is 2.81. The fraction of sp³-hybridized carbons (Fsp3) is 0.667. The molecule has 6 heteroatoms. The molecule has 0 aliphatic carbocycles. The minimum atomic E-state index is -0.273. The summed E-state index contributed by atoms with van der Waals surface area (Å²) in [6.07, 6.45) is 3.61. The first kappa shape index (κ1) is 11.7. The first-order chi connectivity index (χ1) is 8.81. The first-order valence-electron chi connectivity index (χ1n) is 6.38. The Morgan fingerprint density at radius 3 is 3.28 bits per heavy atom. The third-order valence-corrected chi connectivity index (χ3v) is 3.76. The monoisotopic (exact) mass is 250 g/mol. The Balaban J connectivity index is 1.93. The lowest BCUT2D eigenvalue weighted by atomic mass is 10.0. The molecule has 0 aromatic heterocycles. The van der Waals surface area contributed by atoms with E-state index in [9.17, 15) is 4.79 Å². The molecule has 0 amide bonds. The Morgan fingerprint density at radius 2 is 2.44 bits per heavy atom. The zero-order valence-electron chi connectivity index (χ0n) is 10.5. The Kier molecular flexibility index (Phi) is 3.05. The van der Waals surface area contributed by atoms with Crippen molar-refractivity contribution in [2.75, 3.05) is 26.7 Å². The van der Waals surface area contributed by atoms with Crippen molar-refractivity contribution in [3.05, 3.63) is 11.3 Å². The van der Waals surface area contributed by atoms with Gasteiger partial charge in [0, 0.05) is 19.3 Å². The molecule has 3 aliphatic rings. The third-order valence-electron chi connectivity index (χ3n) is 3.76. The van der Waals surface area contributed by atoms with E-state index in [2.05, 4.69) is 15.7 Å². The van der Waals surface area contributed by atoms with Crippen LogP contribution in [0.25, 0.3) is 0 Å². The van der Waals surface area contributed by atoms with Gasteiger partial charge in [-0.15, -0.1) is 0 Å². The smallest absolute Gasteiger partial charge is 0.330 e. The average molecular weight is 250 g/mol. The highest BCUT2D eigenvalue weighted by atomic mass is 16.5. The lowest BCUT2D eigenvalue weighted by Crippen LogP contribution is -2.49. The third kappa shape index (κ3) is 1.81. The van der Waals surface area contributed by atoms with Crippen LogP contribution in [-0.2, 0) is 9.53 Å². The van der Waals surface area contributed by atoms with Crippen LogP contribution in [0.2, 0.25) is 0 Å². The minimum Gasteiger partial charge on any atom is -0.467 e. The van der Waals surface area contributed by atoms with Gasteiger partial charge >= 0.3 is 5.97 Å². The van der Waals surface area contributed by atoms with Gasteiger partial charge in [0.05, 0.1) is 18.8 Å². The Labute approximate surface area is 106 Å². The summed E-state index contributed by atoms with van der Waals surface area (Å²) in [7, 11) is 1.44. The van der Waals surface area contributed by atoms with Gasteiger partial charge in [0.1, 0.15) is 6.04 Å². The van der Waals surface area contributed by atoms with Crippen molar-refractivity contribution in [2.45, 2.75) is 24.9 Å². The normalized spacial score (nSPS) is 30.8. The zero-order valence-corrected chi connectivity index (χ0v) is 10.5. The highest BCUT2D eigenvalue weighted by molar-refractivity contribution is 5.84. The van der Waals surface area contributed by atoms with Gasteiger partial charge in [-0.2, -0.15) is 0 Å². The van der Waals surface area contributed by atoms with Crippen LogP contribution in [0.5, 0.6) is 0 Å². The van der Waals surface area contributed by atoms with Gasteiger partial charge in [0.25, 0.3) is 0 Å². The summed E-state index contributed by atoms with van der Waals surface area (Å²) in [5, 5.41) is 5.32. The van der Waals surface area contributed by atoms with Crippen molar-refractivity contribution in [3.63, 3.8) is 0 Å². The highest BCUT2D eigenvalue weighted by Gasteiger charge is 2.39. The molecule has 3 rings (SSSR count). The number of aliphatic imine (C=N–C) groups is 1. The largest absolute Gasteiger partial charge is 0.467 e. The number of piperidine rings is 1. The van der Waals surface area contributed by atoms with Gasteiger partial charge in [0.15, 0.2) is 0 Å². The molecule has 2 N–H and O–H groups in total. The number of fused-ring (bicyclic) bond motifs is 2. The molecule has 1 saturated heterocycles. The lowest BCUT2D eigenvalue weighted by molar-refractivity contribution is -0.147. The number of esters is 1. The summed E-state index contributed by atoms with van der Waals surface area (Å²) >= 11 is 0. The molecule has 6 nitrogen and oxygen atoms in total. The minimum absolute atomic E-state index is 0.197. The van der Waals surface area contributed by atoms with Crippen molar-refractivity contribution in [1.29, 1.82) is 0 Å². The topological polar surface area (TPSA) is 66.0 Å². The van der Waals surface area contributed by atoms with E-state index in [1.165, 1.54) is 12.7 Å². The molecule has 0 bridgehead atoms. The number of nitrogens with one attached hydrogen (secondary N) is 2. The average Bonchev–Trinajstić information content (AvgIpc) is 2.64. The highest BCUT2D eigenvalue weighted by Crippen LogP contribution is 2.27. The molecule has 1 fully saturated rings. The number of ether oxygens (including phenoxy) is 1. The maximum Gasteiger partial charge on any atom is 0.330 e. The Hall–Kier alpha value is -1.40. The van der Waals surface area contributed by atoms with Crippen molar-refractivity contribution < 1.29 is 9.53 Å². The van der Waals surface area contributed by atoms with E-state index < -0.39 is 0 Å². The number of carbonyl (C=O) groups excluding carboxylic acids is 1. The van der Waals surface area contributed by atoms with E-state index in [1.807, 2.05) is 11.2 Å². The van der Waals surface area contributed by atoms with Gasteiger partial charge in [-0.1, -0.05) is 0 Å². The van der Waals surface area contributed by atoms with Crippen LogP contribution in [0.3, 0.4) is 0 Å². The second-order valence-electron chi connectivity index (χ2n) is 4.79. The molecular weight excluding hydrogens is 232 g/mol. The van der Waals surface area contributed by atoms with Crippen LogP contribution in [0.15, 0.2) is 16.3 Å². The number of carbonyl (C=O) groups is 1. The van der Waals surface area contributed by atoms with E-state index in [0.29, 0.717) is 19.0 Å². The van der Waals surface area contributed by atoms with E-state index in [0.717, 1.165) is 25.2 Å². The zero-order chi connectivity index (χ0) is 12.5. The first-order valence-corrected chi connectivity index (χ1v) is 6.38. The van der Waals surface area contributed by atoms with Crippen LogP contribution in [0.4, 0.5) is 0 Å². The number of hydrazine groups is 1. The Morgan fingerprint density at radius 1 is 1.56 bits per heavy atom. The molecule has 2 unspecified atom stereocenters. The molecule has 18 heavy (non-hydrogen) atoms. The summed E-state index contributed by atoms with van der Waals surface area (Å²) in [5.41, 5.74) is 5.78. The fourth-order valence-corrected chi connectivity index (χ4v) is 2.81. The van der Waals surface area contributed by atoms with Crippen LogP contribution in [0.1, 0.15) is 12.8 Å². The molecular formula is C12H18N4O2. The number of allylic oxidation sites excluding steroid dienone is 1. The number of hydrogen-bond acceptors (Lipinski definition) is 6. The summed E-state index contributed by atoms with van der Waals surface area (Å²) in [6, 6.07) is 0.0588. The van der Waals surface area contributed by atoms with E-state index in [4.69, 9.17) is 4.74 Å². The van der Waals surface area contributed by atoms with Gasteiger partial charge in [0.2, 0.25) is 0 Å². The van der Waals surface area contributed by atoms with Crippen molar-refractivity contribution in [1.82, 2.24) is 15.8 Å². The van der Waals surface area contributed by atoms with Crippen LogP contribution >= 0.6 is 0 Å². The summed E-state index contributed by atoms with van der Waals surface area (Å²) < 4.78 is 4.89. The SMILES string of the molecule is COC(=O)C1CCN=CC2=C3CNCCC3NN21. The standard InChI is InChI=1S/C12H18N4O2/c1-18-12(17)10-3-5-14-7-11-8-6-13-4-2-9(8)15-16(10)11/h7,9-10,13,15H,2-6H2,1H3. The molecule has 3 heterocycles. The van der Waals surface area contributed by atoms with Crippen molar-refractivity contribution in [3.8, 4) is 0 Å². The summed E-state index contributed by atoms with van der Waals surface area (Å²) in [5.74, 6) is -0.197. The van der Waals surface area contributed by atoms with E-state index in [1.54, 1.807) is 0 Å². The molecule has 2 atom stereocenters. The van der Waals surface area contributed by atoms with Gasteiger partial charge in [-0.25, -0.2) is 10.2 Å². The van der Waals surface area contributed by atoms with Crippen LogP contribution in [-0.4, -0.2) is 56.0 Å². The number of nitrogens with zero attached hydrogens (tertiary/aromatic N) is 2. The van der Waals surface area contributed by atoms with Crippen LogP contribution in [0, 0.1) is 0 Å². The number of methoxy groups -OCH3 is 1. The van der Waals surface area contributed by atoms with Crippen molar-refractivity contribution in [2.24, 2.45) is 4.99 Å². The summed E-state index contributed by atoms with van der Waals surface area (Å²) in [4.78, 5) is 16.2. The maximum atomic E-state index is 11.9. The quantitative estimate of drug-likeness (QED) is 0.611. The molecule has 0 aromatic carbocycles. The van der Waals surface area contributed by atoms with Gasteiger partial charge in [-0.3, -0.25) is 10.0 Å². The molecule has 98 valence electrons. The van der Waals surface area contributed by atoms with Crippen LogP contribution < -0.4 is 10.7 Å². The maximum absolute atomic E-state index is 11.9. The molecule has 3 aliphatic heterocycles. The van der Waals surface area contributed by atoms with Crippen molar-refractivity contribution >= 4 is 12.2 Å². The van der Waals surface area contributed by atoms with Gasteiger partial charge < -0.3 is 10.1 Å². The van der Waals surface area contributed by atoms with E-state index >= 15 is 0 Å². The number of hydrogen-bond donors (Lipinski definition) is 2. The molecule has 0 radical (unpaired) electrons. The number of rotatable bonds is 1. The predicted octanol–water partition coefficient (Wildman–Crippen LogP) is -0.561. The second kappa shape index (κ2) is 4.70. The second-order valence-corrected chi connectivity index (χ2v) is 4.79. The van der Waals surface area contributed by atoms with E-state index in [-0.39, 0.29) is 12.0 Å². The lowest BCUT2D eigenvalue weighted by Gasteiger charge is -2.28. The molecule has 0 spiro atoms. The Bertz CT molecular complexity index is 418. The van der Waals surface area contributed by atoms with Gasteiger partial charge in [-0.05, 0) is 25.0 Å². The summed E-state index contributed by atoms with van der Waals surface area (Å²) in [6.45, 7) is 2.53. The molecule has 0 aromatic rings. The molecule has 0 saturated carbocycles. The predicted molar refractivity (Wildman–Crippen MR) is 67.1 cm³/mol.